The molecule has 0 unspecified atom stereocenters. The Balaban J connectivity index is 1.42. The van der Waals surface area contributed by atoms with Crippen LogP contribution < -0.4 is 11.2 Å². The van der Waals surface area contributed by atoms with Crippen LogP contribution in [0.25, 0.3) is 16.2 Å². The first-order chi connectivity index (χ1) is 13.4. The Hall–Kier alpha value is -2.92. The van der Waals surface area contributed by atoms with Crippen molar-refractivity contribution in [2.75, 3.05) is 16.9 Å². The largest absolute Gasteiger partial charge is 0.334 e. The van der Waals surface area contributed by atoms with Gasteiger partial charge in [0, 0.05) is 5.69 Å². The minimum absolute atomic E-state index is 0.140. The van der Waals surface area contributed by atoms with Crippen molar-refractivity contribution < 1.29 is 4.79 Å². The van der Waals surface area contributed by atoms with Crippen molar-refractivity contribution in [3.05, 3.63) is 41.2 Å². The van der Waals surface area contributed by atoms with Crippen LogP contribution in [0.5, 0.6) is 0 Å². The predicted octanol–water partition coefficient (Wildman–Crippen LogP) is 2.44. The van der Waals surface area contributed by atoms with Gasteiger partial charge in [-0.1, -0.05) is 29.2 Å². The molecule has 0 aliphatic carbocycles. The molecule has 0 fully saturated rings. The van der Waals surface area contributed by atoms with Crippen LogP contribution in [-0.4, -0.2) is 41.3 Å². The maximum atomic E-state index is 12.3. The third kappa shape index (κ3) is 3.58. The number of fused-ring (bicyclic) bond motifs is 1. The molecule has 9 nitrogen and oxygen atoms in total. The highest BCUT2D eigenvalue weighted by Gasteiger charge is 2.16. The van der Waals surface area contributed by atoms with E-state index in [1.165, 1.54) is 27.8 Å². The number of nitrogens with two attached hydrogens (primary N) is 1. The van der Waals surface area contributed by atoms with Gasteiger partial charge in [0.15, 0.2) is 5.13 Å². The number of hydrogen-bond donors (Lipinski definition) is 2. The van der Waals surface area contributed by atoms with Gasteiger partial charge in [-0.25, -0.2) is 14.3 Å². The summed E-state index contributed by atoms with van der Waals surface area (Å²) in [5.74, 6) is 6.44. The lowest BCUT2D eigenvalue weighted by molar-refractivity contribution is -0.113. The number of hydrogen-bond acceptors (Lipinski definition) is 8. The molecule has 4 rings (SSSR count). The smallest absolute Gasteiger partial charge is 0.271 e. The lowest BCUT2D eigenvalue weighted by atomic mass is 10.2. The summed E-state index contributed by atoms with van der Waals surface area (Å²) >= 11 is 2.65. The topological polar surface area (TPSA) is 117 Å². The molecule has 28 heavy (non-hydrogen) atoms. The molecule has 0 saturated carbocycles. The molecule has 0 spiro atoms. The summed E-state index contributed by atoms with van der Waals surface area (Å²) in [6, 6.07) is 7.92. The van der Waals surface area contributed by atoms with E-state index in [2.05, 4.69) is 31.7 Å². The summed E-state index contributed by atoms with van der Waals surface area (Å²) in [6.45, 7) is 5.83. The van der Waals surface area contributed by atoms with Gasteiger partial charge in [-0.15, -0.1) is 10.2 Å². The average molecular weight is 415 g/mol. The molecule has 4 aromatic rings. The van der Waals surface area contributed by atoms with E-state index in [0.29, 0.717) is 16.2 Å². The Kier molecular flexibility index (Phi) is 4.77. The number of benzene rings is 1. The average Bonchev–Trinajstić information content (AvgIpc) is 3.29. The lowest BCUT2D eigenvalue weighted by Gasteiger charge is -2.04. The minimum Gasteiger partial charge on any atom is -0.334 e. The van der Waals surface area contributed by atoms with Gasteiger partial charge >= 0.3 is 0 Å². The van der Waals surface area contributed by atoms with E-state index in [1.807, 2.05) is 39.0 Å². The van der Waals surface area contributed by atoms with Crippen LogP contribution in [0.3, 0.4) is 0 Å². The molecule has 0 aliphatic rings. The number of anilines is 1. The summed E-state index contributed by atoms with van der Waals surface area (Å²) in [5, 5.41) is 16.3. The first-order valence-corrected chi connectivity index (χ1v) is 10.2. The fourth-order valence-corrected chi connectivity index (χ4v) is 4.35. The Morgan fingerprint density at radius 1 is 1.25 bits per heavy atom. The molecule has 144 valence electrons. The highest BCUT2D eigenvalue weighted by Crippen LogP contribution is 2.27. The van der Waals surface area contributed by atoms with Crippen LogP contribution in [0.2, 0.25) is 0 Å². The van der Waals surface area contributed by atoms with Crippen molar-refractivity contribution in [3.63, 3.8) is 0 Å². The van der Waals surface area contributed by atoms with Gasteiger partial charge in [-0.05, 0) is 44.5 Å². The molecular formula is C17H18N8OS2. The van der Waals surface area contributed by atoms with Crippen LogP contribution >= 0.6 is 23.1 Å². The SMILES string of the molecule is Cc1ccc2nc(NC(=O)CSc3nnc(-n4nc(C)cc4C)n3N)sc2c1. The molecule has 3 N–H and O–H groups in total. The van der Waals surface area contributed by atoms with Gasteiger partial charge in [0.05, 0.1) is 21.7 Å². The summed E-state index contributed by atoms with van der Waals surface area (Å²) in [6.07, 6.45) is 0. The van der Waals surface area contributed by atoms with E-state index in [0.717, 1.165) is 27.2 Å². The van der Waals surface area contributed by atoms with Gasteiger partial charge in [-0.3, -0.25) is 4.79 Å². The Morgan fingerprint density at radius 2 is 2.07 bits per heavy atom. The number of nitrogens with one attached hydrogen (secondary N) is 1. The summed E-state index contributed by atoms with van der Waals surface area (Å²) in [5.41, 5.74) is 3.79. The molecule has 1 amide bonds. The van der Waals surface area contributed by atoms with Crippen molar-refractivity contribution >= 4 is 44.4 Å². The third-order valence-corrected chi connectivity index (χ3v) is 5.84. The molecule has 0 saturated heterocycles. The number of thiazole rings is 1. The summed E-state index contributed by atoms with van der Waals surface area (Å²) in [7, 11) is 0. The van der Waals surface area contributed by atoms with Crippen LogP contribution in [0.15, 0.2) is 29.4 Å². The lowest BCUT2D eigenvalue weighted by Crippen LogP contribution is -2.18. The van der Waals surface area contributed by atoms with Crippen LogP contribution in [-0.2, 0) is 4.79 Å². The zero-order chi connectivity index (χ0) is 19.8. The van der Waals surface area contributed by atoms with Gasteiger partial charge in [-0.2, -0.15) is 5.10 Å². The summed E-state index contributed by atoms with van der Waals surface area (Å²) < 4.78 is 3.99. The van der Waals surface area contributed by atoms with E-state index in [-0.39, 0.29) is 11.7 Å². The van der Waals surface area contributed by atoms with Crippen molar-refractivity contribution in [1.82, 2.24) is 29.6 Å². The maximum absolute atomic E-state index is 12.3. The number of aromatic nitrogens is 6. The molecule has 1 aromatic carbocycles. The van der Waals surface area contributed by atoms with Crippen LogP contribution in [0.4, 0.5) is 5.13 Å². The number of rotatable bonds is 5. The van der Waals surface area contributed by atoms with Gasteiger partial charge < -0.3 is 11.2 Å². The third-order valence-electron chi connectivity index (χ3n) is 3.97. The normalized spacial score (nSPS) is 11.2. The van der Waals surface area contributed by atoms with Crippen molar-refractivity contribution in [1.29, 1.82) is 0 Å². The molecule has 11 heteroatoms. The van der Waals surface area contributed by atoms with Gasteiger partial charge in [0.25, 0.3) is 5.95 Å². The van der Waals surface area contributed by atoms with Crippen molar-refractivity contribution in [2.45, 2.75) is 25.9 Å². The first-order valence-electron chi connectivity index (χ1n) is 8.44. The predicted molar refractivity (Wildman–Crippen MR) is 110 cm³/mol. The van der Waals surface area contributed by atoms with Crippen molar-refractivity contribution in [3.8, 4) is 5.95 Å². The molecule has 3 aromatic heterocycles. The van der Waals surface area contributed by atoms with E-state index in [1.54, 1.807) is 4.68 Å². The molecule has 3 heterocycles. The molecule has 0 atom stereocenters. The number of aryl methyl sites for hydroxylation is 3. The van der Waals surface area contributed by atoms with Gasteiger partial charge in [0.1, 0.15) is 0 Å². The number of thioether (sulfide) groups is 1. The number of nitrogen functional groups attached to an aromatic ring is 1. The second-order valence-electron chi connectivity index (χ2n) is 6.32. The first kappa shape index (κ1) is 18.4. The van der Waals surface area contributed by atoms with Crippen molar-refractivity contribution in [2.24, 2.45) is 0 Å². The minimum atomic E-state index is -0.184. The zero-order valence-electron chi connectivity index (χ0n) is 15.5. The Bertz CT molecular complexity index is 1180. The second kappa shape index (κ2) is 7.24. The molecule has 0 aliphatic heterocycles. The zero-order valence-corrected chi connectivity index (χ0v) is 17.1. The number of carbonyl (C=O) groups excluding carboxylic acids is 1. The molecular weight excluding hydrogens is 396 g/mol. The van der Waals surface area contributed by atoms with E-state index in [4.69, 9.17) is 5.84 Å². The van der Waals surface area contributed by atoms with Crippen LogP contribution in [0, 0.1) is 20.8 Å². The quantitative estimate of drug-likeness (QED) is 0.380. The molecule has 0 radical (unpaired) electrons. The van der Waals surface area contributed by atoms with E-state index < -0.39 is 0 Å². The Labute approximate surface area is 168 Å². The fourth-order valence-electron chi connectivity index (χ4n) is 2.71. The molecule has 0 bridgehead atoms. The highest BCUT2D eigenvalue weighted by atomic mass is 32.2. The number of amides is 1. The van der Waals surface area contributed by atoms with E-state index in [9.17, 15) is 4.79 Å². The van der Waals surface area contributed by atoms with Crippen LogP contribution in [0.1, 0.15) is 17.0 Å². The second-order valence-corrected chi connectivity index (χ2v) is 8.29. The number of carbonyl (C=O) groups is 1. The maximum Gasteiger partial charge on any atom is 0.271 e. The highest BCUT2D eigenvalue weighted by molar-refractivity contribution is 7.99. The standard InChI is InChI=1S/C17H18N8OS2/c1-9-4-5-12-13(6-9)28-15(19-12)20-14(26)8-27-17-22-21-16(24(17)18)25-11(3)7-10(2)23-25/h4-7H,8,18H2,1-3H3,(H,19,20,26). The number of nitrogens with zero attached hydrogens (tertiary/aromatic N) is 6. The summed E-state index contributed by atoms with van der Waals surface area (Å²) in [4.78, 5) is 16.7. The van der Waals surface area contributed by atoms with E-state index >= 15 is 0 Å². The monoisotopic (exact) mass is 414 g/mol. The van der Waals surface area contributed by atoms with Gasteiger partial charge in [0.2, 0.25) is 11.1 Å². The fraction of sp³-hybridized carbons (Fsp3) is 0.235. The Morgan fingerprint density at radius 3 is 2.82 bits per heavy atom.